The van der Waals surface area contributed by atoms with Crippen LogP contribution in [-0.4, -0.2) is 56.0 Å². The Hall–Kier alpha value is -4.04. The van der Waals surface area contributed by atoms with Crippen LogP contribution in [0.15, 0.2) is 54.9 Å². The Balaban J connectivity index is 1.48. The Bertz CT molecular complexity index is 1550. The Labute approximate surface area is 245 Å². The number of ketones is 1. The van der Waals surface area contributed by atoms with E-state index in [-0.39, 0.29) is 6.04 Å². The third-order valence-corrected chi connectivity index (χ3v) is 7.99. The van der Waals surface area contributed by atoms with E-state index >= 15 is 0 Å². The molecule has 1 aliphatic rings. The first kappa shape index (κ1) is 28.5. The quantitative estimate of drug-likeness (QED) is 0.174. The van der Waals surface area contributed by atoms with Gasteiger partial charge in [0.15, 0.2) is 11.6 Å². The van der Waals surface area contributed by atoms with E-state index in [0.29, 0.717) is 41.1 Å². The average molecular weight is 572 g/mol. The number of rotatable bonds is 9. The summed E-state index contributed by atoms with van der Waals surface area (Å²) in [5, 5.41) is 5.27. The van der Waals surface area contributed by atoms with Crippen LogP contribution >= 0.6 is 11.6 Å². The van der Waals surface area contributed by atoms with E-state index in [9.17, 15) is 9.59 Å². The summed E-state index contributed by atoms with van der Waals surface area (Å²) < 4.78 is 7.11. The number of ether oxygens (including phenoxy) is 1. The molecule has 0 N–H and O–H groups in total. The van der Waals surface area contributed by atoms with Crippen LogP contribution in [0.1, 0.15) is 52.7 Å². The second kappa shape index (κ2) is 12.2. The first-order valence-corrected chi connectivity index (χ1v) is 14.3. The largest absolute Gasteiger partial charge is 0.495 e. The van der Waals surface area contributed by atoms with Gasteiger partial charge in [0.05, 0.1) is 18.7 Å². The number of benzene rings is 2. The first-order valence-electron chi connectivity index (χ1n) is 13.9. The van der Waals surface area contributed by atoms with Crippen molar-refractivity contribution in [2.24, 2.45) is 0 Å². The van der Waals surface area contributed by atoms with Crippen LogP contribution in [0.4, 0.5) is 0 Å². The molecule has 1 saturated carbocycles. The number of methoxy groups -OCH3 is 1. The standard InChI is InChI=1S/C32H34ClN5O3/c1-20-17-21(2)28(22(3)18-20)29(39)32(40)37(25-7-5-6-8-25)15-16-38-31(24-9-10-27(41-4)26(33)19-24)35-30(36-38)23-11-13-34-14-12-23/h9-14,17-19,25H,5-8,15-16H2,1-4H3. The van der Waals surface area contributed by atoms with Crippen molar-refractivity contribution in [3.05, 3.63) is 82.1 Å². The van der Waals surface area contributed by atoms with Gasteiger partial charge in [0.25, 0.3) is 11.7 Å². The topological polar surface area (TPSA) is 90.2 Å². The van der Waals surface area contributed by atoms with Gasteiger partial charge in [-0.1, -0.05) is 42.1 Å². The maximum absolute atomic E-state index is 13.8. The summed E-state index contributed by atoms with van der Waals surface area (Å²) in [5.74, 6) is 0.793. The smallest absolute Gasteiger partial charge is 0.295 e. The van der Waals surface area contributed by atoms with Gasteiger partial charge in [0, 0.05) is 41.7 Å². The van der Waals surface area contributed by atoms with Gasteiger partial charge in [-0.25, -0.2) is 9.67 Å². The predicted octanol–water partition coefficient (Wildman–Crippen LogP) is 6.25. The number of pyridine rings is 1. The fourth-order valence-corrected chi connectivity index (χ4v) is 6.04. The first-order chi connectivity index (χ1) is 19.8. The number of hydrogen-bond acceptors (Lipinski definition) is 6. The van der Waals surface area contributed by atoms with E-state index in [1.54, 1.807) is 41.2 Å². The van der Waals surface area contributed by atoms with Crippen molar-refractivity contribution in [3.63, 3.8) is 0 Å². The van der Waals surface area contributed by atoms with Crippen molar-refractivity contribution < 1.29 is 14.3 Å². The highest BCUT2D eigenvalue weighted by Gasteiger charge is 2.32. The van der Waals surface area contributed by atoms with Crippen LogP contribution in [0.3, 0.4) is 0 Å². The zero-order valence-corrected chi connectivity index (χ0v) is 24.6. The fourth-order valence-electron chi connectivity index (χ4n) is 5.78. The van der Waals surface area contributed by atoms with Gasteiger partial charge < -0.3 is 9.64 Å². The molecule has 8 nitrogen and oxygen atoms in total. The summed E-state index contributed by atoms with van der Waals surface area (Å²) in [4.78, 5) is 38.1. The SMILES string of the molecule is COc1ccc(-c2nc(-c3ccncc3)nn2CCN(C(=O)C(=O)c2c(C)cc(C)cc2C)C2CCCC2)cc1Cl. The molecule has 9 heteroatoms. The second-order valence-electron chi connectivity index (χ2n) is 10.6. The van der Waals surface area contributed by atoms with Crippen LogP contribution in [0.5, 0.6) is 5.75 Å². The zero-order chi connectivity index (χ0) is 29.1. The van der Waals surface area contributed by atoms with Crippen LogP contribution in [0, 0.1) is 20.8 Å². The molecule has 0 unspecified atom stereocenters. The van der Waals surface area contributed by atoms with E-state index in [1.165, 1.54) is 0 Å². The number of Topliss-reactive ketones (excluding diaryl/α,β-unsaturated/α-hetero) is 1. The Kier molecular flexibility index (Phi) is 8.49. The molecule has 2 aromatic carbocycles. The summed E-state index contributed by atoms with van der Waals surface area (Å²) in [6, 6.07) is 13.1. The van der Waals surface area contributed by atoms with Gasteiger partial charge in [-0.05, 0) is 75.1 Å². The molecule has 1 aliphatic carbocycles. The van der Waals surface area contributed by atoms with E-state index in [2.05, 4.69) is 4.98 Å². The Morgan fingerprint density at radius 2 is 1.68 bits per heavy atom. The summed E-state index contributed by atoms with van der Waals surface area (Å²) in [6.45, 7) is 6.46. The van der Waals surface area contributed by atoms with Crippen LogP contribution in [0.25, 0.3) is 22.8 Å². The monoisotopic (exact) mass is 571 g/mol. The molecule has 1 amide bonds. The molecular weight excluding hydrogens is 538 g/mol. The summed E-state index contributed by atoms with van der Waals surface area (Å²) in [7, 11) is 1.57. The highest BCUT2D eigenvalue weighted by Crippen LogP contribution is 2.31. The zero-order valence-electron chi connectivity index (χ0n) is 23.9. The van der Waals surface area contributed by atoms with Crippen LogP contribution in [0.2, 0.25) is 5.02 Å². The molecule has 2 aromatic heterocycles. The minimum absolute atomic E-state index is 0.0135. The molecule has 2 heterocycles. The van der Waals surface area contributed by atoms with E-state index < -0.39 is 11.7 Å². The van der Waals surface area contributed by atoms with Crippen molar-refractivity contribution in [2.75, 3.05) is 13.7 Å². The lowest BCUT2D eigenvalue weighted by atomic mass is 9.95. The Morgan fingerprint density at radius 1 is 1.00 bits per heavy atom. The van der Waals surface area contributed by atoms with Crippen LogP contribution < -0.4 is 4.74 Å². The number of carbonyl (C=O) groups is 2. The molecule has 0 saturated heterocycles. The molecule has 212 valence electrons. The van der Waals surface area contributed by atoms with Crippen molar-refractivity contribution >= 4 is 23.3 Å². The third-order valence-electron chi connectivity index (χ3n) is 7.70. The van der Waals surface area contributed by atoms with Gasteiger partial charge in [0.2, 0.25) is 0 Å². The molecule has 1 fully saturated rings. The predicted molar refractivity (Wildman–Crippen MR) is 159 cm³/mol. The molecule has 0 radical (unpaired) electrons. The Morgan fingerprint density at radius 3 is 2.32 bits per heavy atom. The van der Waals surface area contributed by atoms with Crippen molar-refractivity contribution in [1.29, 1.82) is 0 Å². The number of halogens is 1. The fraction of sp³-hybridized carbons (Fsp3) is 0.344. The van der Waals surface area contributed by atoms with Gasteiger partial charge >= 0.3 is 0 Å². The van der Waals surface area contributed by atoms with E-state index in [4.69, 9.17) is 26.4 Å². The highest BCUT2D eigenvalue weighted by atomic mass is 35.5. The van der Waals surface area contributed by atoms with Gasteiger partial charge in [-0.2, -0.15) is 5.10 Å². The molecule has 4 aromatic rings. The number of aryl methyl sites for hydroxylation is 3. The molecular formula is C32H34ClN5O3. The second-order valence-corrected chi connectivity index (χ2v) is 11.0. The van der Waals surface area contributed by atoms with Gasteiger partial charge in [-0.3, -0.25) is 14.6 Å². The molecule has 0 bridgehead atoms. The highest BCUT2D eigenvalue weighted by molar-refractivity contribution is 6.43. The summed E-state index contributed by atoms with van der Waals surface area (Å²) in [5.41, 5.74) is 4.80. The molecule has 41 heavy (non-hydrogen) atoms. The van der Waals surface area contributed by atoms with Gasteiger partial charge in [-0.15, -0.1) is 0 Å². The maximum Gasteiger partial charge on any atom is 0.295 e. The minimum Gasteiger partial charge on any atom is -0.495 e. The number of nitrogens with zero attached hydrogens (tertiary/aromatic N) is 5. The molecule has 0 atom stereocenters. The molecule has 0 spiro atoms. The average Bonchev–Trinajstić information content (AvgIpc) is 3.64. The summed E-state index contributed by atoms with van der Waals surface area (Å²) >= 11 is 6.46. The minimum atomic E-state index is -0.463. The number of hydrogen-bond donors (Lipinski definition) is 0. The number of amides is 1. The number of carbonyl (C=O) groups excluding carboxylic acids is 2. The lowest BCUT2D eigenvalue weighted by Crippen LogP contribution is -2.45. The van der Waals surface area contributed by atoms with Crippen LogP contribution in [-0.2, 0) is 11.3 Å². The molecule has 5 rings (SSSR count). The van der Waals surface area contributed by atoms with E-state index in [0.717, 1.165) is 53.5 Å². The van der Waals surface area contributed by atoms with Crippen molar-refractivity contribution in [2.45, 2.75) is 59.0 Å². The number of aromatic nitrogens is 4. The lowest BCUT2D eigenvalue weighted by molar-refractivity contribution is -0.128. The van der Waals surface area contributed by atoms with Gasteiger partial charge in [0.1, 0.15) is 5.75 Å². The lowest BCUT2D eigenvalue weighted by Gasteiger charge is -2.29. The normalized spacial score (nSPS) is 13.4. The van der Waals surface area contributed by atoms with E-state index in [1.807, 2.05) is 51.1 Å². The summed E-state index contributed by atoms with van der Waals surface area (Å²) in [6.07, 6.45) is 7.23. The van der Waals surface area contributed by atoms with Crippen molar-refractivity contribution in [1.82, 2.24) is 24.6 Å². The van der Waals surface area contributed by atoms with Crippen molar-refractivity contribution in [3.8, 4) is 28.5 Å². The maximum atomic E-state index is 13.8. The third kappa shape index (κ3) is 6.03. The molecule has 0 aliphatic heterocycles.